The highest BCUT2D eigenvalue weighted by Gasteiger charge is 2.20. The van der Waals surface area contributed by atoms with Crippen LogP contribution in [0.5, 0.6) is 5.75 Å². The molecule has 1 aromatic rings. The Labute approximate surface area is 109 Å². The highest BCUT2D eigenvalue weighted by atomic mass is 16.5. The van der Waals surface area contributed by atoms with Gasteiger partial charge in [-0.1, -0.05) is 6.07 Å². The fourth-order valence-corrected chi connectivity index (χ4v) is 1.24. The van der Waals surface area contributed by atoms with Crippen LogP contribution in [0.25, 0.3) is 0 Å². The van der Waals surface area contributed by atoms with Gasteiger partial charge in [0.25, 0.3) is 5.91 Å². The second-order valence-corrected chi connectivity index (χ2v) is 3.90. The summed E-state index contributed by atoms with van der Waals surface area (Å²) in [5, 5.41) is 11.3. The minimum atomic E-state index is -1.18. The largest absolute Gasteiger partial charge is 0.508 e. The van der Waals surface area contributed by atoms with Crippen molar-refractivity contribution in [2.24, 2.45) is 5.73 Å². The highest BCUT2D eigenvalue weighted by molar-refractivity contribution is 5.98. The number of ether oxygens (including phenoxy) is 1. The number of carbonyl (C=O) groups excluding carboxylic acids is 3. The van der Waals surface area contributed by atoms with Crippen molar-refractivity contribution < 1.29 is 24.2 Å². The van der Waals surface area contributed by atoms with Gasteiger partial charge in [-0.2, -0.15) is 0 Å². The summed E-state index contributed by atoms with van der Waals surface area (Å²) < 4.78 is 4.82. The van der Waals surface area contributed by atoms with E-state index in [1.54, 1.807) is 18.3 Å². The van der Waals surface area contributed by atoms with Crippen molar-refractivity contribution in [1.29, 1.82) is 0 Å². The number of aromatic hydroxyl groups is 1. The van der Waals surface area contributed by atoms with Gasteiger partial charge in [0.15, 0.2) is 6.10 Å². The summed E-state index contributed by atoms with van der Waals surface area (Å²) >= 11 is 0. The Morgan fingerprint density at radius 3 is 2.53 bits per heavy atom. The highest BCUT2D eigenvalue weighted by Crippen LogP contribution is 2.18. The monoisotopic (exact) mass is 266 g/mol. The number of hydrogen-bond acceptors (Lipinski definition) is 5. The Kier molecular flexibility index (Phi) is 4.46. The molecule has 0 saturated heterocycles. The summed E-state index contributed by atoms with van der Waals surface area (Å²) in [7, 11) is 0. The van der Waals surface area contributed by atoms with E-state index in [4.69, 9.17) is 10.5 Å². The molecule has 3 amide bonds. The Bertz CT molecular complexity index is 527. The molecule has 0 aromatic heterocycles. The number of benzene rings is 1. The fourth-order valence-electron chi connectivity index (χ4n) is 1.24. The van der Waals surface area contributed by atoms with E-state index in [1.165, 1.54) is 19.1 Å². The fraction of sp³-hybridized carbons (Fsp3) is 0.250. The van der Waals surface area contributed by atoms with Crippen molar-refractivity contribution in [3.8, 4) is 5.75 Å². The van der Waals surface area contributed by atoms with Gasteiger partial charge >= 0.3 is 12.0 Å². The zero-order chi connectivity index (χ0) is 14.6. The lowest BCUT2D eigenvalue weighted by atomic mass is 10.1. The third kappa shape index (κ3) is 3.98. The molecule has 0 aliphatic carbocycles. The van der Waals surface area contributed by atoms with Crippen molar-refractivity contribution in [2.45, 2.75) is 20.0 Å². The van der Waals surface area contributed by atoms with E-state index in [2.05, 4.69) is 0 Å². The quantitative estimate of drug-likeness (QED) is 0.686. The molecule has 0 bridgehead atoms. The van der Waals surface area contributed by atoms with Crippen LogP contribution in [0.1, 0.15) is 22.8 Å². The minimum Gasteiger partial charge on any atom is -0.508 e. The molecule has 102 valence electrons. The molecule has 0 radical (unpaired) electrons. The number of aryl methyl sites for hydroxylation is 1. The molecule has 0 spiro atoms. The van der Waals surface area contributed by atoms with Crippen molar-refractivity contribution in [2.75, 3.05) is 0 Å². The van der Waals surface area contributed by atoms with E-state index in [0.717, 1.165) is 0 Å². The van der Waals surface area contributed by atoms with Gasteiger partial charge in [0.1, 0.15) is 5.75 Å². The lowest BCUT2D eigenvalue weighted by Gasteiger charge is -2.12. The Morgan fingerprint density at radius 2 is 2.00 bits per heavy atom. The average Bonchev–Trinajstić information content (AvgIpc) is 2.31. The second kappa shape index (κ2) is 5.85. The number of primary amides is 1. The van der Waals surface area contributed by atoms with Gasteiger partial charge < -0.3 is 15.6 Å². The maximum absolute atomic E-state index is 11.7. The molecule has 1 rings (SSSR count). The summed E-state index contributed by atoms with van der Waals surface area (Å²) in [5.41, 5.74) is 5.47. The van der Waals surface area contributed by atoms with Gasteiger partial charge in [-0.05, 0) is 31.5 Å². The van der Waals surface area contributed by atoms with Crippen LogP contribution in [0.2, 0.25) is 0 Å². The smallest absolute Gasteiger partial charge is 0.339 e. The van der Waals surface area contributed by atoms with Crippen molar-refractivity contribution in [3.63, 3.8) is 0 Å². The zero-order valence-electron chi connectivity index (χ0n) is 10.5. The van der Waals surface area contributed by atoms with Gasteiger partial charge in [0.2, 0.25) is 0 Å². The van der Waals surface area contributed by atoms with Crippen LogP contribution in [0.15, 0.2) is 18.2 Å². The number of nitrogens with one attached hydrogen (secondary N) is 1. The molecule has 19 heavy (non-hydrogen) atoms. The van der Waals surface area contributed by atoms with Gasteiger partial charge in [-0.3, -0.25) is 10.1 Å². The molecule has 4 N–H and O–H groups in total. The van der Waals surface area contributed by atoms with E-state index in [1.807, 2.05) is 0 Å². The number of esters is 1. The summed E-state index contributed by atoms with van der Waals surface area (Å²) in [6.45, 7) is 2.97. The zero-order valence-corrected chi connectivity index (χ0v) is 10.5. The molecular weight excluding hydrogens is 252 g/mol. The number of phenols is 1. The minimum absolute atomic E-state index is 0.0521. The van der Waals surface area contributed by atoms with Crippen LogP contribution in [0.4, 0.5) is 4.79 Å². The average molecular weight is 266 g/mol. The number of carbonyl (C=O) groups is 3. The summed E-state index contributed by atoms with van der Waals surface area (Å²) in [4.78, 5) is 33.5. The van der Waals surface area contributed by atoms with Crippen LogP contribution < -0.4 is 11.1 Å². The molecule has 7 nitrogen and oxygen atoms in total. The number of rotatable bonds is 3. The first-order chi connectivity index (χ1) is 8.81. The summed E-state index contributed by atoms with van der Waals surface area (Å²) in [6.07, 6.45) is -1.18. The Hall–Kier alpha value is -2.57. The van der Waals surface area contributed by atoms with Crippen LogP contribution in [-0.4, -0.2) is 29.1 Å². The van der Waals surface area contributed by atoms with Gasteiger partial charge in [0.05, 0.1) is 5.56 Å². The molecule has 0 aliphatic rings. The Balaban J connectivity index is 2.71. The lowest BCUT2D eigenvalue weighted by molar-refractivity contribution is -0.127. The number of amides is 3. The molecule has 0 aliphatic heterocycles. The summed E-state index contributed by atoms with van der Waals surface area (Å²) in [6, 6.07) is 3.20. The van der Waals surface area contributed by atoms with E-state index in [-0.39, 0.29) is 11.3 Å². The second-order valence-electron chi connectivity index (χ2n) is 3.90. The predicted octanol–water partition coefficient (Wildman–Crippen LogP) is 0.441. The van der Waals surface area contributed by atoms with Crippen molar-refractivity contribution >= 4 is 17.9 Å². The van der Waals surface area contributed by atoms with E-state index < -0.39 is 24.0 Å². The standard InChI is InChI=1S/C12H14N2O5/c1-6-3-4-8(5-9(6)15)11(17)19-7(2)10(16)14-12(13)18/h3-5,7,15H,1-2H3,(H3,13,14,16,18). The van der Waals surface area contributed by atoms with E-state index in [0.29, 0.717) is 5.56 Å². The molecule has 1 unspecified atom stereocenters. The first kappa shape index (κ1) is 14.5. The maximum Gasteiger partial charge on any atom is 0.339 e. The third-order valence-corrected chi connectivity index (χ3v) is 2.34. The molecule has 0 heterocycles. The number of nitrogens with two attached hydrogens (primary N) is 1. The first-order valence-electron chi connectivity index (χ1n) is 5.42. The number of hydrogen-bond donors (Lipinski definition) is 3. The Morgan fingerprint density at radius 1 is 1.37 bits per heavy atom. The van der Waals surface area contributed by atoms with E-state index in [9.17, 15) is 19.5 Å². The third-order valence-electron chi connectivity index (χ3n) is 2.34. The molecule has 1 atom stereocenters. The van der Waals surface area contributed by atoms with Crippen molar-refractivity contribution in [3.05, 3.63) is 29.3 Å². The normalized spacial score (nSPS) is 11.5. The van der Waals surface area contributed by atoms with Gasteiger partial charge in [-0.25, -0.2) is 9.59 Å². The van der Waals surface area contributed by atoms with Crippen LogP contribution in [-0.2, 0) is 9.53 Å². The first-order valence-corrected chi connectivity index (χ1v) is 5.42. The van der Waals surface area contributed by atoms with Crippen LogP contribution >= 0.6 is 0 Å². The molecule has 1 aromatic carbocycles. The van der Waals surface area contributed by atoms with Crippen molar-refractivity contribution in [1.82, 2.24) is 5.32 Å². The number of phenolic OH excluding ortho intramolecular Hbond substituents is 1. The number of urea groups is 1. The molecule has 0 fully saturated rings. The molecule has 7 heteroatoms. The van der Waals surface area contributed by atoms with Gasteiger partial charge in [0, 0.05) is 0 Å². The predicted molar refractivity (Wildman–Crippen MR) is 65.4 cm³/mol. The molecular formula is C12H14N2O5. The number of imide groups is 1. The van der Waals surface area contributed by atoms with E-state index >= 15 is 0 Å². The maximum atomic E-state index is 11.7. The van der Waals surface area contributed by atoms with Crippen LogP contribution in [0, 0.1) is 6.92 Å². The molecule has 0 saturated carbocycles. The lowest BCUT2D eigenvalue weighted by Crippen LogP contribution is -2.42. The van der Waals surface area contributed by atoms with Crippen LogP contribution in [0.3, 0.4) is 0 Å². The summed E-state index contributed by atoms with van der Waals surface area (Å²) in [5.74, 6) is -1.66. The van der Waals surface area contributed by atoms with Gasteiger partial charge in [-0.15, -0.1) is 0 Å². The SMILES string of the molecule is Cc1ccc(C(=O)OC(C)C(=O)NC(N)=O)cc1O. The topological polar surface area (TPSA) is 119 Å².